The van der Waals surface area contributed by atoms with Crippen LogP contribution >= 0.6 is 0 Å². The van der Waals surface area contributed by atoms with Crippen molar-refractivity contribution in [2.75, 3.05) is 23.4 Å². The highest BCUT2D eigenvalue weighted by atomic mass is 32.2. The van der Waals surface area contributed by atoms with E-state index in [1.165, 1.54) is 4.68 Å². The van der Waals surface area contributed by atoms with Crippen molar-refractivity contribution < 1.29 is 26.7 Å². The molecule has 0 saturated carbocycles. The van der Waals surface area contributed by atoms with E-state index < -0.39 is 34.0 Å². The largest absolute Gasteiger partial charge is 0.481 e. The summed E-state index contributed by atoms with van der Waals surface area (Å²) in [6.07, 6.45) is 0.414. The zero-order chi connectivity index (χ0) is 18.9. The molecule has 1 aliphatic heterocycles. The van der Waals surface area contributed by atoms with Gasteiger partial charge in [-0.25, -0.2) is 21.9 Å². The van der Waals surface area contributed by atoms with Gasteiger partial charge in [0.1, 0.15) is 11.6 Å². The molecular formula is C16H17F2N3O4S. The zero-order valence-corrected chi connectivity index (χ0v) is 14.7. The number of anilines is 1. The van der Waals surface area contributed by atoms with E-state index in [1.807, 2.05) is 0 Å². The number of rotatable bonds is 5. The molecule has 1 N–H and O–H groups in total. The van der Waals surface area contributed by atoms with Gasteiger partial charge in [0.2, 0.25) is 0 Å². The maximum atomic E-state index is 13.5. The molecule has 3 rings (SSSR count). The van der Waals surface area contributed by atoms with Crippen molar-refractivity contribution in [3.8, 4) is 5.75 Å². The van der Waals surface area contributed by atoms with Gasteiger partial charge in [0.25, 0.3) is 5.91 Å². The Kier molecular flexibility index (Phi) is 4.94. The highest BCUT2D eigenvalue weighted by Crippen LogP contribution is 2.27. The molecule has 0 radical (unpaired) electrons. The summed E-state index contributed by atoms with van der Waals surface area (Å²) in [5, 5.41) is 6.81. The molecule has 0 spiro atoms. The predicted octanol–water partition coefficient (Wildman–Crippen LogP) is 1.85. The van der Waals surface area contributed by atoms with Gasteiger partial charge in [-0.15, -0.1) is 0 Å². The van der Waals surface area contributed by atoms with E-state index >= 15 is 0 Å². The van der Waals surface area contributed by atoms with E-state index in [-0.39, 0.29) is 23.3 Å². The summed E-state index contributed by atoms with van der Waals surface area (Å²) in [6, 6.07) is 3.94. The van der Waals surface area contributed by atoms with Gasteiger partial charge < -0.3 is 10.1 Å². The van der Waals surface area contributed by atoms with Gasteiger partial charge >= 0.3 is 0 Å². The van der Waals surface area contributed by atoms with Gasteiger partial charge in [0, 0.05) is 12.1 Å². The Morgan fingerprint density at radius 3 is 2.85 bits per heavy atom. The lowest BCUT2D eigenvalue weighted by Gasteiger charge is -2.14. The van der Waals surface area contributed by atoms with Crippen molar-refractivity contribution in [3.63, 3.8) is 0 Å². The number of benzene rings is 1. The van der Waals surface area contributed by atoms with Crippen LogP contribution in [0.4, 0.5) is 14.6 Å². The van der Waals surface area contributed by atoms with Crippen LogP contribution in [0.5, 0.6) is 5.75 Å². The number of ether oxygens (including phenoxy) is 1. The summed E-state index contributed by atoms with van der Waals surface area (Å²) >= 11 is 0. The Bertz CT molecular complexity index is 943. The molecule has 1 aromatic carbocycles. The number of nitrogens with zero attached hydrogens (tertiary/aromatic N) is 2. The van der Waals surface area contributed by atoms with Crippen LogP contribution < -0.4 is 10.1 Å². The van der Waals surface area contributed by atoms with E-state index in [4.69, 9.17) is 4.74 Å². The molecule has 0 aliphatic carbocycles. The maximum absolute atomic E-state index is 13.5. The number of carbonyl (C=O) groups is 1. The molecule has 26 heavy (non-hydrogen) atoms. The van der Waals surface area contributed by atoms with E-state index in [0.29, 0.717) is 17.9 Å². The summed E-state index contributed by atoms with van der Waals surface area (Å²) in [4.78, 5) is 12.1. The molecule has 2 heterocycles. The first-order valence-electron chi connectivity index (χ1n) is 7.88. The van der Waals surface area contributed by atoms with Gasteiger partial charge in [0.05, 0.1) is 23.2 Å². The lowest BCUT2D eigenvalue weighted by atomic mass is 10.3. The Balaban J connectivity index is 1.67. The van der Waals surface area contributed by atoms with E-state index in [1.54, 1.807) is 13.0 Å². The van der Waals surface area contributed by atoms with Crippen molar-refractivity contribution in [2.45, 2.75) is 19.4 Å². The third kappa shape index (κ3) is 4.18. The number of hydrogen-bond acceptors (Lipinski definition) is 5. The molecule has 10 heteroatoms. The minimum atomic E-state index is -3.11. The fourth-order valence-electron chi connectivity index (χ4n) is 2.77. The van der Waals surface area contributed by atoms with Crippen LogP contribution in [0.3, 0.4) is 0 Å². The molecule has 1 amide bonds. The lowest BCUT2D eigenvalue weighted by molar-refractivity contribution is -0.118. The smallest absolute Gasteiger partial charge is 0.263 e. The Morgan fingerprint density at radius 1 is 1.38 bits per heavy atom. The number of hydrogen-bond donors (Lipinski definition) is 1. The Hall–Kier alpha value is -2.49. The summed E-state index contributed by atoms with van der Waals surface area (Å²) in [7, 11) is -3.11. The minimum absolute atomic E-state index is 0.0397. The topological polar surface area (TPSA) is 90.3 Å². The first kappa shape index (κ1) is 18.3. The molecule has 1 unspecified atom stereocenters. The van der Waals surface area contributed by atoms with Gasteiger partial charge in [-0.3, -0.25) is 4.79 Å². The number of aromatic nitrogens is 2. The van der Waals surface area contributed by atoms with Crippen molar-refractivity contribution in [3.05, 3.63) is 41.6 Å². The van der Waals surface area contributed by atoms with E-state index in [2.05, 4.69) is 10.4 Å². The minimum Gasteiger partial charge on any atom is -0.481 e. The molecule has 1 saturated heterocycles. The Labute approximate surface area is 148 Å². The fraction of sp³-hybridized carbons (Fsp3) is 0.375. The number of carbonyl (C=O) groups excluding carboxylic acids is 1. The van der Waals surface area contributed by atoms with Gasteiger partial charge in [0.15, 0.2) is 28.0 Å². The summed E-state index contributed by atoms with van der Waals surface area (Å²) < 4.78 is 56.4. The monoisotopic (exact) mass is 385 g/mol. The third-order valence-corrected chi connectivity index (χ3v) is 5.68. The zero-order valence-electron chi connectivity index (χ0n) is 13.9. The van der Waals surface area contributed by atoms with Crippen LogP contribution in [0.2, 0.25) is 0 Å². The van der Waals surface area contributed by atoms with Crippen LogP contribution in [-0.4, -0.2) is 42.2 Å². The van der Waals surface area contributed by atoms with E-state index in [9.17, 15) is 22.0 Å². The molecule has 7 nitrogen and oxygen atoms in total. The van der Waals surface area contributed by atoms with Gasteiger partial charge in [-0.1, -0.05) is 0 Å². The average molecular weight is 385 g/mol. The predicted molar refractivity (Wildman–Crippen MR) is 89.8 cm³/mol. The number of halogens is 2. The summed E-state index contributed by atoms with van der Waals surface area (Å²) in [5.41, 5.74) is 0.613. The Morgan fingerprint density at radius 2 is 2.15 bits per heavy atom. The molecule has 1 fully saturated rings. The molecule has 0 bridgehead atoms. The molecular weight excluding hydrogens is 368 g/mol. The number of sulfone groups is 1. The number of amides is 1. The van der Waals surface area contributed by atoms with Crippen molar-refractivity contribution in [1.82, 2.24) is 9.78 Å². The van der Waals surface area contributed by atoms with E-state index in [0.717, 1.165) is 18.2 Å². The van der Waals surface area contributed by atoms with Crippen LogP contribution in [0.15, 0.2) is 24.3 Å². The SMILES string of the molecule is Cc1cc(NC(=O)COc2cc(F)ccc2F)n(C2CCS(=O)(=O)C2)n1. The van der Waals surface area contributed by atoms with Crippen molar-refractivity contribution in [2.24, 2.45) is 0 Å². The normalized spacial score (nSPS) is 18.7. The second kappa shape index (κ2) is 7.02. The second-order valence-electron chi connectivity index (χ2n) is 6.08. The van der Waals surface area contributed by atoms with Gasteiger partial charge in [-0.05, 0) is 25.5 Å². The van der Waals surface area contributed by atoms with Crippen LogP contribution in [-0.2, 0) is 14.6 Å². The fourth-order valence-corrected chi connectivity index (χ4v) is 4.46. The molecule has 1 atom stereocenters. The third-order valence-electron chi connectivity index (χ3n) is 3.93. The first-order chi connectivity index (χ1) is 12.2. The molecule has 140 valence electrons. The highest BCUT2D eigenvalue weighted by molar-refractivity contribution is 7.91. The molecule has 1 aromatic heterocycles. The average Bonchev–Trinajstić information content (AvgIpc) is 3.10. The number of nitrogens with one attached hydrogen (secondary N) is 1. The van der Waals surface area contributed by atoms with Crippen LogP contribution in [0, 0.1) is 18.6 Å². The first-order valence-corrected chi connectivity index (χ1v) is 9.70. The van der Waals surface area contributed by atoms with Crippen molar-refractivity contribution in [1.29, 1.82) is 0 Å². The van der Waals surface area contributed by atoms with Gasteiger partial charge in [-0.2, -0.15) is 5.10 Å². The summed E-state index contributed by atoms with van der Waals surface area (Å²) in [6.45, 7) is 1.18. The molecule has 1 aliphatic rings. The quantitative estimate of drug-likeness (QED) is 0.848. The van der Waals surface area contributed by atoms with Crippen LogP contribution in [0.1, 0.15) is 18.2 Å². The number of aryl methyl sites for hydroxylation is 1. The van der Waals surface area contributed by atoms with Crippen molar-refractivity contribution >= 4 is 21.6 Å². The standard InChI is InChI=1S/C16H17F2N3O4S/c1-10-6-15(21(20-10)12-4-5-26(23,24)9-12)19-16(22)8-25-14-7-11(17)2-3-13(14)18/h2-3,6-7,12H,4-5,8-9H2,1H3,(H,19,22). The van der Waals surface area contributed by atoms with Crippen LogP contribution in [0.25, 0.3) is 0 Å². The second-order valence-corrected chi connectivity index (χ2v) is 8.31. The summed E-state index contributed by atoms with van der Waals surface area (Å²) in [5.74, 6) is -2.07. The highest BCUT2D eigenvalue weighted by Gasteiger charge is 2.31. The molecule has 2 aromatic rings. The lowest BCUT2D eigenvalue weighted by Crippen LogP contribution is -2.24. The maximum Gasteiger partial charge on any atom is 0.263 e.